The third-order valence-electron chi connectivity index (χ3n) is 13.6. The number of hydrogen-bond donors (Lipinski definition) is 10. The van der Waals surface area contributed by atoms with Crippen molar-refractivity contribution in [2.24, 2.45) is 17.6 Å². The number of rotatable bonds is 51. The van der Waals surface area contributed by atoms with E-state index >= 15 is 0 Å². The van der Waals surface area contributed by atoms with Gasteiger partial charge in [0.15, 0.2) is 17.3 Å². The van der Waals surface area contributed by atoms with Gasteiger partial charge in [0.05, 0.1) is 55.3 Å². The number of nitrogens with two attached hydrogens (primary N) is 1. The molecule has 0 fully saturated rings. The van der Waals surface area contributed by atoms with Crippen molar-refractivity contribution in [2.45, 2.75) is 244 Å². The summed E-state index contributed by atoms with van der Waals surface area (Å²) in [5.74, 6) is -7.02. The Balaban J connectivity index is 4.82. The van der Waals surface area contributed by atoms with E-state index in [0.29, 0.717) is 25.7 Å². The first-order chi connectivity index (χ1) is 35.3. The molecule has 0 saturated carbocycles. The summed E-state index contributed by atoms with van der Waals surface area (Å²) in [6.45, 7) is 9.02. The van der Waals surface area contributed by atoms with Crippen LogP contribution in [0.15, 0.2) is 0 Å². The number of carbonyl (C=O) groups is 10. The van der Waals surface area contributed by atoms with Crippen LogP contribution in [0.2, 0.25) is 0 Å². The lowest BCUT2D eigenvalue weighted by molar-refractivity contribution is -0.145. The highest BCUT2D eigenvalue weighted by Crippen LogP contribution is 2.20. The third-order valence-corrected chi connectivity index (χ3v) is 13.6. The van der Waals surface area contributed by atoms with Gasteiger partial charge in [0.2, 0.25) is 11.8 Å². The Labute approximate surface area is 446 Å². The number of Topliss-reactive ketones (excluding diaryl/α,β-unsaturated/α-hetero) is 5. The zero-order valence-corrected chi connectivity index (χ0v) is 46.5. The molecule has 0 unspecified atom stereocenters. The van der Waals surface area contributed by atoms with E-state index in [1.165, 1.54) is 58.3 Å². The summed E-state index contributed by atoms with van der Waals surface area (Å²) in [5.41, 5.74) is 3.72. The van der Waals surface area contributed by atoms with Gasteiger partial charge in [-0.25, -0.2) is 4.79 Å². The first-order valence-electron chi connectivity index (χ1n) is 27.8. The van der Waals surface area contributed by atoms with Crippen molar-refractivity contribution in [1.29, 1.82) is 0 Å². The number of aliphatic hydroxyl groups is 1. The lowest BCUT2D eigenvalue weighted by Crippen LogP contribution is -2.58. The van der Waals surface area contributed by atoms with Crippen molar-refractivity contribution in [1.82, 2.24) is 26.6 Å². The largest absolute Gasteiger partial charge is 0.481 e. The smallest absolute Gasteiger partial charge is 0.326 e. The van der Waals surface area contributed by atoms with Crippen molar-refractivity contribution >= 4 is 58.6 Å². The maximum atomic E-state index is 13.7. The Morgan fingerprint density at radius 2 is 1.04 bits per heavy atom. The van der Waals surface area contributed by atoms with Gasteiger partial charge in [0.25, 0.3) is 0 Å². The number of carbonyl (C=O) groups excluding carboxylic acids is 7. The van der Waals surface area contributed by atoms with Crippen LogP contribution in [0.4, 0.5) is 0 Å². The van der Waals surface area contributed by atoms with Crippen LogP contribution < -0.4 is 32.3 Å². The molecular weight excluding hydrogens is 969 g/mol. The Kier molecular flexibility index (Phi) is 38.3. The fraction of sp³-hybridized carbons (Fsp3) is 0.818. The maximum absolute atomic E-state index is 13.7. The molecule has 0 bridgehead atoms. The molecule has 0 aliphatic heterocycles. The number of amides is 2. The second-order valence-electron chi connectivity index (χ2n) is 21.7. The minimum absolute atomic E-state index is 0.0738. The maximum Gasteiger partial charge on any atom is 0.326 e. The molecule has 5 atom stereocenters. The molecule has 0 aliphatic carbocycles. The molecule has 432 valence electrons. The van der Waals surface area contributed by atoms with Crippen molar-refractivity contribution in [2.75, 3.05) is 32.8 Å². The second-order valence-corrected chi connectivity index (χ2v) is 21.7. The third kappa shape index (κ3) is 36.2. The summed E-state index contributed by atoms with van der Waals surface area (Å²) >= 11 is 0. The highest BCUT2D eigenvalue weighted by atomic mass is 16.4. The average molecular weight is 1070 g/mol. The van der Waals surface area contributed by atoms with Crippen LogP contribution in [-0.2, 0) is 47.9 Å². The van der Waals surface area contributed by atoms with Crippen molar-refractivity contribution in [3.8, 4) is 0 Å². The van der Waals surface area contributed by atoms with Crippen molar-refractivity contribution in [3.05, 3.63) is 0 Å². The number of aliphatic hydroxyl groups excluding tert-OH is 1. The van der Waals surface area contributed by atoms with Crippen LogP contribution in [0.25, 0.3) is 0 Å². The average Bonchev–Trinajstić information content (AvgIpc) is 3.32. The Morgan fingerprint density at radius 1 is 0.533 bits per heavy atom. The van der Waals surface area contributed by atoms with Crippen molar-refractivity contribution in [3.63, 3.8) is 0 Å². The van der Waals surface area contributed by atoms with Gasteiger partial charge < -0.3 is 42.1 Å². The number of ketones is 5. The summed E-state index contributed by atoms with van der Waals surface area (Å²) in [4.78, 5) is 124. The van der Waals surface area contributed by atoms with E-state index < -0.39 is 71.5 Å². The lowest BCUT2D eigenvalue weighted by Gasteiger charge is -2.33. The SMILES string of the molecule is CC(=O)[C@H](CO)NCC(=O)[C@H](CCCCNC(=O)CC[C@H](NC(=O)CC[C@H](CC(=O)CCCCCCCCCCCCCCCCCCC(=O)O)C(=O)O)C(=O)O)NCC(=O)[C@](C)(CC(C)C)NCC(=O)C(C)(C)N. The molecular formula is C55H98N6O14. The highest BCUT2D eigenvalue weighted by molar-refractivity contribution is 5.94. The first-order valence-corrected chi connectivity index (χ1v) is 27.8. The molecule has 0 rings (SSSR count). The lowest BCUT2D eigenvalue weighted by atomic mass is 9.85. The highest BCUT2D eigenvalue weighted by Gasteiger charge is 2.36. The summed E-state index contributed by atoms with van der Waals surface area (Å²) in [7, 11) is 0. The molecule has 11 N–H and O–H groups in total. The quantitative estimate of drug-likeness (QED) is 0.0336. The first kappa shape index (κ1) is 70.5. The van der Waals surface area contributed by atoms with Crippen LogP contribution in [0.5, 0.6) is 0 Å². The van der Waals surface area contributed by atoms with Gasteiger partial charge in [-0.3, -0.25) is 53.8 Å². The van der Waals surface area contributed by atoms with Crippen LogP contribution in [0.3, 0.4) is 0 Å². The predicted octanol–water partition coefficient (Wildman–Crippen LogP) is 5.51. The zero-order chi connectivity index (χ0) is 56.8. The molecule has 2 amide bonds. The molecule has 0 spiro atoms. The van der Waals surface area contributed by atoms with E-state index in [1.807, 2.05) is 13.8 Å². The minimum atomic E-state index is -1.42. The number of unbranched alkanes of at least 4 members (excludes halogenated alkanes) is 16. The molecule has 0 aromatic carbocycles. The summed E-state index contributed by atoms with van der Waals surface area (Å²) in [6.07, 6.45) is 18.1. The molecule has 0 heterocycles. The standard InChI is InChI=1S/C55H98N6O14/c1-39(2)34-55(6,60-37-47(66)54(4,5)56)48(67)36-59-43(46(65)35-58-45(38-62)40(3)63)26-23-24-32-57-49(68)31-29-44(53(74)75)61-50(69)30-28-41(52(72)73)33-42(64)25-21-19-17-15-13-11-9-7-8-10-12-14-16-18-20-22-27-51(70)71/h39,41,43-45,58-60,62H,7-38,56H2,1-6H3,(H,57,68)(H,61,69)(H,70,71)(H,72,73)(H,74,75)/t41-,43+,44+,45+,55+/m1/s1. The van der Waals surface area contributed by atoms with Gasteiger partial charge in [0, 0.05) is 38.6 Å². The van der Waals surface area contributed by atoms with Gasteiger partial charge in [-0.2, -0.15) is 0 Å². The number of nitrogens with one attached hydrogen (secondary N) is 5. The van der Waals surface area contributed by atoms with E-state index in [9.17, 15) is 63.3 Å². The number of carboxylic acid groups (broad SMARTS) is 3. The summed E-state index contributed by atoms with van der Waals surface area (Å²) in [5, 5.41) is 51.7. The van der Waals surface area contributed by atoms with Crippen molar-refractivity contribution < 1.29 is 68.4 Å². The topological polar surface area (TPSA) is 338 Å². The monoisotopic (exact) mass is 1070 g/mol. The number of carboxylic acids is 3. The van der Waals surface area contributed by atoms with E-state index in [-0.39, 0.29) is 112 Å². The summed E-state index contributed by atoms with van der Waals surface area (Å²) < 4.78 is 0. The predicted molar refractivity (Wildman–Crippen MR) is 287 cm³/mol. The zero-order valence-electron chi connectivity index (χ0n) is 46.5. The van der Waals surface area contributed by atoms with Gasteiger partial charge >= 0.3 is 17.9 Å². The fourth-order valence-electron chi connectivity index (χ4n) is 8.73. The van der Waals surface area contributed by atoms with E-state index in [2.05, 4.69) is 26.6 Å². The normalized spacial score (nSPS) is 14.0. The van der Waals surface area contributed by atoms with E-state index in [4.69, 9.17) is 10.8 Å². The van der Waals surface area contributed by atoms with E-state index in [1.54, 1.807) is 20.8 Å². The Hall–Kier alpha value is -4.50. The molecule has 20 heteroatoms. The van der Waals surface area contributed by atoms with Crippen LogP contribution >= 0.6 is 0 Å². The molecule has 20 nitrogen and oxygen atoms in total. The summed E-state index contributed by atoms with van der Waals surface area (Å²) in [6, 6.07) is -3.23. The molecule has 0 aliphatic rings. The Bertz CT molecular complexity index is 1750. The molecule has 0 aromatic heterocycles. The molecule has 0 aromatic rings. The molecule has 0 saturated heterocycles. The van der Waals surface area contributed by atoms with Gasteiger partial charge in [-0.1, -0.05) is 104 Å². The van der Waals surface area contributed by atoms with Crippen LogP contribution in [0, 0.1) is 11.8 Å². The number of aliphatic carboxylic acids is 3. The van der Waals surface area contributed by atoms with Crippen LogP contribution in [0.1, 0.15) is 215 Å². The second kappa shape index (κ2) is 40.7. The van der Waals surface area contributed by atoms with Gasteiger partial charge in [0.1, 0.15) is 17.6 Å². The van der Waals surface area contributed by atoms with E-state index in [0.717, 1.165) is 44.9 Å². The number of hydrogen-bond acceptors (Lipinski definition) is 15. The molecule has 75 heavy (non-hydrogen) atoms. The van der Waals surface area contributed by atoms with Gasteiger partial charge in [-0.15, -0.1) is 0 Å². The minimum Gasteiger partial charge on any atom is -0.481 e. The molecule has 0 radical (unpaired) electrons. The van der Waals surface area contributed by atoms with Gasteiger partial charge in [-0.05, 0) is 85.0 Å². The van der Waals surface area contributed by atoms with Crippen LogP contribution in [-0.4, -0.2) is 141 Å². The Morgan fingerprint density at radius 3 is 1.51 bits per heavy atom. The fourth-order valence-corrected chi connectivity index (χ4v) is 8.73.